The minimum atomic E-state index is -1.64. The van der Waals surface area contributed by atoms with Crippen molar-refractivity contribution in [2.45, 2.75) is 24.7 Å². The molecule has 0 aromatic heterocycles. The Morgan fingerprint density at radius 3 is 2.48 bits per heavy atom. The Morgan fingerprint density at radius 2 is 1.84 bits per heavy atom. The standard InChI is InChI=1S/C19H18F3NO2/c1-25-15-6-3-2-5-13(15)19(9-4-10-19)11-23-18(24)12-7-8-14(20)17(22)16(12)21/h2-3,5-8H,4,9-11H2,1H3,(H,23,24). The van der Waals surface area contributed by atoms with Crippen molar-refractivity contribution in [3.63, 3.8) is 0 Å². The molecule has 1 fully saturated rings. The third-order valence-corrected chi connectivity index (χ3v) is 4.86. The van der Waals surface area contributed by atoms with Gasteiger partial charge in [-0.3, -0.25) is 4.79 Å². The largest absolute Gasteiger partial charge is 0.496 e. The van der Waals surface area contributed by atoms with E-state index in [9.17, 15) is 18.0 Å². The van der Waals surface area contributed by atoms with Crippen LogP contribution in [0.15, 0.2) is 36.4 Å². The van der Waals surface area contributed by atoms with E-state index in [1.807, 2.05) is 24.3 Å². The van der Waals surface area contributed by atoms with E-state index in [0.29, 0.717) is 0 Å². The van der Waals surface area contributed by atoms with E-state index in [1.54, 1.807) is 7.11 Å². The normalized spacial score (nSPS) is 15.4. The van der Waals surface area contributed by atoms with Crippen LogP contribution in [0, 0.1) is 17.5 Å². The SMILES string of the molecule is COc1ccccc1C1(CNC(=O)c2ccc(F)c(F)c2F)CCC1. The zero-order valence-corrected chi connectivity index (χ0v) is 13.7. The van der Waals surface area contributed by atoms with Gasteiger partial charge in [-0.25, -0.2) is 13.2 Å². The van der Waals surface area contributed by atoms with Crippen molar-refractivity contribution in [2.75, 3.05) is 13.7 Å². The minimum Gasteiger partial charge on any atom is -0.496 e. The quantitative estimate of drug-likeness (QED) is 0.830. The molecule has 1 aliphatic rings. The molecule has 25 heavy (non-hydrogen) atoms. The Morgan fingerprint density at radius 1 is 1.12 bits per heavy atom. The van der Waals surface area contributed by atoms with Gasteiger partial charge in [0.05, 0.1) is 12.7 Å². The van der Waals surface area contributed by atoms with Gasteiger partial charge in [0.1, 0.15) is 5.75 Å². The number of nitrogens with one attached hydrogen (secondary N) is 1. The lowest BCUT2D eigenvalue weighted by Crippen LogP contribution is -2.46. The fraction of sp³-hybridized carbons (Fsp3) is 0.316. The van der Waals surface area contributed by atoms with Crippen LogP contribution >= 0.6 is 0 Å². The highest BCUT2D eigenvalue weighted by molar-refractivity contribution is 5.94. The molecular weight excluding hydrogens is 331 g/mol. The second-order valence-corrected chi connectivity index (χ2v) is 6.24. The molecule has 0 radical (unpaired) electrons. The van der Waals surface area contributed by atoms with E-state index >= 15 is 0 Å². The van der Waals surface area contributed by atoms with Crippen LogP contribution in [0.2, 0.25) is 0 Å². The van der Waals surface area contributed by atoms with Crippen LogP contribution < -0.4 is 10.1 Å². The molecule has 0 heterocycles. The van der Waals surface area contributed by atoms with Gasteiger partial charge in [-0.1, -0.05) is 24.6 Å². The van der Waals surface area contributed by atoms with E-state index in [2.05, 4.69) is 5.32 Å². The van der Waals surface area contributed by atoms with Crippen LogP contribution in [0.5, 0.6) is 5.75 Å². The number of ether oxygens (including phenoxy) is 1. The van der Waals surface area contributed by atoms with Gasteiger partial charge >= 0.3 is 0 Å². The molecule has 1 N–H and O–H groups in total. The topological polar surface area (TPSA) is 38.3 Å². The summed E-state index contributed by atoms with van der Waals surface area (Å²) in [5, 5.41) is 2.66. The lowest BCUT2D eigenvalue weighted by Gasteiger charge is -2.43. The smallest absolute Gasteiger partial charge is 0.254 e. The van der Waals surface area contributed by atoms with Crippen LogP contribution in [0.4, 0.5) is 13.2 Å². The van der Waals surface area contributed by atoms with Crippen LogP contribution in [0.1, 0.15) is 35.2 Å². The van der Waals surface area contributed by atoms with Crippen LogP contribution in [-0.2, 0) is 5.41 Å². The van der Waals surface area contributed by atoms with Gasteiger partial charge in [0.25, 0.3) is 5.91 Å². The van der Waals surface area contributed by atoms with E-state index in [0.717, 1.165) is 42.7 Å². The third-order valence-electron chi connectivity index (χ3n) is 4.86. The summed E-state index contributed by atoms with van der Waals surface area (Å²) in [5.74, 6) is -4.47. The van der Waals surface area contributed by atoms with Crippen LogP contribution in [0.3, 0.4) is 0 Å². The molecule has 0 saturated heterocycles. The number of hydrogen-bond acceptors (Lipinski definition) is 2. The Kier molecular flexibility index (Phi) is 4.70. The summed E-state index contributed by atoms with van der Waals surface area (Å²) in [6, 6.07) is 9.25. The van der Waals surface area contributed by atoms with E-state index < -0.39 is 28.9 Å². The Hall–Kier alpha value is -2.50. The molecule has 1 saturated carbocycles. The van der Waals surface area contributed by atoms with E-state index in [4.69, 9.17) is 4.74 Å². The zero-order valence-electron chi connectivity index (χ0n) is 13.7. The number of rotatable bonds is 5. The predicted octanol–water partition coefficient (Wildman–Crippen LogP) is 3.96. The number of amides is 1. The number of methoxy groups -OCH3 is 1. The molecule has 1 aliphatic carbocycles. The fourth-order valence-electron chi connectivity index (χ4n) is 3.27. The molecule has 0 bridgehead atoms. The van der Waals surface area contributed by atoms with Gasteiger partial charge in [0.15, 0.2) is 17.5 Å². The Bertz CT molecular complexity index is 803. The van der Waals surface area contributed by atoms with Crippen molar-refractivity contribution in [1.82, 2.24) is 5.32 Å². The van der Waals surface area contributed by atoms with Crippen molar-refractivity contribution in [2.24, 2.45) is 0 Å². The predicted molar refractivity (Wildman–Crippen MR) is 87.2 cm³/mol. The second-order valence-electron chi connectivity index (χ2n) is 6.24. The lowest BCUT2D eigenvalue weighted by atomic mass is 9.64. The molecule has 3 rings (SSSR count). The van der Waals surface area contributed by atoms with Gasteiger partial charge in [-0.05, 0) is 31.0 Å². The maximum atomic E-state index is 13.8. The molecule has 3 nitrogen and oxygen atoms in total. The molecule has 2 aromatic carbocycles. The fourth-order valence-corrected chi connectivity index (χ4v) is 3.27. The molecule has 132 valence electrons. The molecule has 2 aromatic rings. The first-order chi connectivity index (χ1) is 12.0. The highest BCUT2D eigenvalue weighted by Gasteiger charge is 2.41. The highest BCUT2D eigenvalue weighted by Crippen LogP contribution is 2.46. The Balaban J connectivity index is 1.80. The molecular formula is C19H18F3NO2. The first-order valence-electron chi connectivity index (χ1n) is 8.04. The van der Waals surface area contributed by atoms with Gasteiger partial charge in [-0.15, -0.1) is 0 Å². The summed E-state index contributed by atoms with van der Waals surface area (Å²) in [6.45, 7) is 0.268. The molecule has 0 unspecified atom stereocenters. The maximum Gasteiger partial charge on any atom is 0.254 e. The maximum absolute atomic E-state index is 13.8. The van der Waals surface area contributed by atoms with E-state index in [-0.39, 0.29) is 12.0 Å². The zero-order chi connectivity index (χ0) is 18.0. The van der Waals surface area contributed by atoms with Crippen molar-refractivity contribution >= 4 is 5.91 Å². The summed E-state index contributed by atoms with van der Waals surface area (Å²) in [6.07, 6.45) is 2.72. The molecule has 6 heteroatoms. The first-order valence-corrected chi connectivity index (χ1v) is 8.04. The number of carbonyl (C=O) groups is 1. The number of para-hydroxylation sites is 1. The highest BCUT2D eigenvalue weighted by atomic mass is 19.2. The molecule has 1 amide bonds. The third kappa shape index (κ3) is 3.08. The molecule has 0 atom stereocenters. The van der Waals surface area contributed by atoms with Gasteiger partial charge in [0, 0.05) is 17.5 Å². The average Bonchev–Trinajstić information content (AvgIpc) is 2.59. The number of carbonyl (C=O) groups excluding carboxylic acids is 1. The summed E-state index contributed by atoms with van der Waals surface area (Å²) in [4.78, 5) is 12.2. The summed E-state index contributed by atoms with van der Waals surface area (Å²) >= 11 is 0. The van der Waals surface area contributed by atoms with Crippen molar-refractivity contribution in [3.8, 4) is 5.75 Å². The lowest BCUT2D eigenvalue weighted by molar-refractivity contribution is 0.0921. The molecule has 0 aliphatic heterocycles. The second kappa shape index (κ2) is 6.78. The van der Waals surface area contributed by atoms with Gasteiger partial charge < -0.3 is 10.1 Å². The number of hydrogen-bond donors (Lipinski definition) is 1. The van der Waals surface area contributed by atoms with Crippen molar-refractivity contribution in [3.05, 3.63) is 65.0 Å². The van der Waals surface area contributed by atoms with Crippen LogP contribution in [0.25, 0.3) is 0 Å². The summed E-state index contributed by atoms with van der Waals surface area (Å²) in [7, 11) is 1.58. The van der Waals surface area contributed by atoms with E-state index in [1.165, 1.54) is 0 Å². The minimum absolute atomic E-state index is 0.268. The number of benzene rings is 2. The Labute approximate surface area is 143 Å². The summed E-state index contributed by atoms with van der Waals surface area (Å²) < 4.78 is 45.5. The van der Waals surface area contributed by atoms with Gasteiger partial charge in [0.2, 0.25) is 0 Å². The monoisotopic (exact) mass is 349 g/mol. The average molecular weight is 349 g/mol. The summed E-state index contributed by atoms with van der Waals surface area (Å²) in [5.41, 5.74) is 0.181. The number of halogens is 3. The van der Waals surface area contributed by atoms with Crippen molar-refractivity contribution in [1.29, 1.82) is 0 Å². The molecule has 0 spiro atoms. The van der Waals surface area contributed by atoms with Gasteiger partial charge in [-0.2, -0.15) is 0 Å². The first kappa shape index (κ1) is 17.3. The van der Waals surface area contributed by atoms with Crippen LogP contribution in [-0.4, -0.2) is 19.6 Å². The van der Waals surface area contributed by atoms with Crippen molar-refractivity contribution < 1.29 is 22.7 Å².